The molecule has 1 aromatic carbocycles. The van der Waals surface area contributed by atoms with Crippen LogP contribution in [-0.2, 0) is 14.4 Å². The third kappa shape index (κ3) is 4.57. The number of aryl methyl sites for hydroxylation is 1. The monoisotopic (exact) mass is 331 g/mol. The lowest BCUT2D eigenvalue weighted by Crippen LogP contribution is -2.59. The molecule has 6 heteroatoms. The van der Waals surface area contributed by atoms with Crippen LogP contribution in [0, 0.1) is 6.92 Å². The quantitative estimate of drug-likeness (QED) is 0.770. The molecule has 0 spiro atoms. The smallest absolute Gasteiger partial charge is 0.250 e. The zero-order chi connectivity index (χ0) is 17.6. The van der Waals surface area contributed by atoms with Gasteiger partial charge in [0.25, 0.3) is 0 Å². The number of anilines is 1. The van der Waals surface area contributed by atoms with Gasteiger partial charge in [0.15, 0.2) is 0 Å². The summed E-state index contributed by atoms with van der Waals surface area (Å²) >= 11 is 0. The van der Waals surface area contributed by atoms with Crippen LogP contribution in [0.3, 0.4) is 0 Å². The highest BCUT2D eigenvalue weighted by atomic mass is 16.2. The molecule has 1 saturated carbocycles. The van der Waals surface area contributed by atoms with E-state index >= 15 is 0 Å². The van der Waals surface area contributed by atoms with E-state index in [4.69, 9.17) is 0 Å². The molecule has 3 amide bonds. The normalized spacial score (nSPS) is 16.1. The molecule has 0 unspecified atom stereocenters. The molecule has 1 aliphatic carbocycles. The van der Waals surface area contributed by atoms with E-state index in [2.05, 4.69) is 16.0 Å². The topological polar surface area (TPSA) is 87.3 Å². The van der Waals surface area contributed by atoms with Crippen LogP contribution in [-0.4, -0.2) is 29.8 Å². The summed E-state index contributed by atoms with van der Waals surface area (Å²) in [4.78, 5) is 36.0. The first kappa shape index (κ1) is 18.0. The highest BCUT2D eigenvalue weighted by molar-refractivity contribution is 6.01. The summed E-state index contributed by atoms with van der Waals surface area (Å²) in [5.74, 6) is -0.799. The van der Waals surface area contributed by atoms with Crippen LogP contribution in [0.5, 0.6) is 0 Å². The third-order valence-electron chi connectivity index (χ3n) is 4.41. The Bertz CT molecular complexity index is 622. The van der Waals surface area contributed by atoms with Crippen LogP contribution in [0.25, 0.3) is 0 Å². The Morgan fingerprint density at radius 1 is 1.08 bits per heavy atom. The Balaban J connectivity index is 2.11. The molecular weight excluding hydrogens is 306 g/mol. The Morgan fingerprint density at radius 3 is 2.38 bits per heavy atom. The molecule has 24 heavy (non-hydrogen) atoms. The van der Waals surface area contributed by atoms with E-state index in [0.29, 0.717) is 12.8 Å². The van der Waals surface area contributed by atoms with E-state index in [1.165, 1.54) is 6.92 Å². The minimum atomic E-state index is -0.907. The number of hydrogen-bond acceptors (Lipinski definition) is 3. The van der Waals surface area contributed by atoms with Crippen LogP contribution in [0.15, 0.2) is 24.3 Å². The molecule has 0 atom stereocenters. The number of rotatable bonds is 5. The van der Waals surface area contributed by atoms with Crippen molar-refractivity contribution in [2.75, 3.05) is 11.9 Å². The molecule has 130 valence electrons. The third-order valence-corrected chi connectivity index (χ3v) is 4.41. The number of amides is 3. The second kappa shape index (κ2) is 7.95. The largest absolute Gasteiger partial charge is 0.347 e. The van der Waals surface area contributed by atoms with E-state index < -0.39 is 5.54 Å². The van der Waals surface area contributed by atoms with Gasteiger partial charge in [-0.25, -0.2) is 0 Å². The first-order valence-corrected chi connectivity index (χ1v) is 8.35. The SMILES string of the molecule is CC(=O)NCC(=O)NC1(C(=O)Nc2ccccc2C)CCCCC1. The molecule has 0 saturated heterocycles. The average Bonchev–Trinajstić information content (AvgIpc) is 2.56. The molecule has 0 bridgehead atoms. The Hall–Kier alpha value is -2.37. The highest BCUT2D eigenvalue weighted by Crippen LogP contribution is 2.30. The first-order valence-electron chi connectivity index (χ1n) is 8.35. The number of nitrogens with one attached hydrogen (secondary N) is 3. The van der Waals surface area contributed by atoms with Crippen molar-refractivity contribution in [1.29, 1.82) is 0 Å². The van der Waals surface area contributed by atoms with Crippen molar-refractivity contribution >= 4 is 23.4 Å². The van der Waals surface area contributed by atoms with Gasteiger partial charge in [0, 0.05) is 12.6 Å². The van der Waals surface area contributed by atoms with Crippen molar-refractivity contribution in [3.8, 4) is 0 Å². The summed E-state index contributed by atoms with van der Waals surface area (Å²) in [6, 6.07) is 7.56. The lowest BCUT2D eigenvalue weighted by atomic mass is 9.80. The zero-order valence-corrected chi connectivity index (χ0v) is 14.3. The van der Waals surface area contributed by atoms with E-state index in [-0.39, 0.29) is 24.3 Å². The summed E-state index contributed by atoms with van der Waals surface area (Å²) in [5, 5.41) is 8.28. The molecular formula is C18H25N3O3. The molecule has 0 aromatic heterocycles. The molecule has 1 fully saturated rings. The van der Waals surface area contributed by atoms with Gasteiger partial charge in [-0.05, 0) is 31.4 Å². The summed E-state index contributed by atoms with van der Waals surface area (Å²) in [6.45, 7) is 3.17. The molecule has 1 aliphatic rings. The van der Waals surface area contributed by atoms with E-state index in [0.717, 1.165) is 30.5 Å². The second-order valence-corrected chi connectivity index (χ2v) is 6.37. The summed E-state index contributed by atoms with van der Waals surface area (Å²) < 4.78 is 0. The lowest BCUT2D eigenvalue weighted by molar-refractivity contribution is -0.132. The van der Waals surface area contributed by atoms with Crippen molar-refractivity contribution in [3.05, 3.63) is 29.8 Å². The summed E-state index contributed by atoms with van der Waals surface area (Å²) in [7, 11) is 0. The van der Waals surface area contributed by atoms with Gasteiger partial charge < -0.3 is 16.0 Å². The number of benzene rings is 1. The standard InChI is InChI=1S/C18H25N3O3/c1-13-8-4-5-9-15(13)20-17(24)18(10-6-3-7-11-18)21-16(23)12-19-14(2)22/h4-5,8-9H,3,6-7,10-12H2,1-2H3,(H,19,22)(H,20,24)(H,21,23). The van der Waals surface area contributed by atoms with Crippen LogP contribution in [0.2, 0.25) is 0 Å². The number of hydrogen-bond donors (Lipinski definition) is 3. The first-order chi connectivity index (χ1) is 11.4. The van der Waals surface area contributed by atoms with Crippen LogP contribution in [0.4, 0.5) is 5.69 Å². The fourth-order valence-corrected chi connectivity index (χ4v) is 3.04. The van der Waals surface area contributed by atoms with Crippen molar-refractivity contribution in [3.63, 3.8) is 0 Å². The maximum absolute atomic E-state index is 12.9. The maximum Gasteiger partial charge on any atom is 0.250 e. The highest BCUT2D eigenvalue weighted by Gasteiger charge is 2.40. The predicted molar refractivity (Wildman–Crippen MR) is 92.5 cm³/mol. The van der Waals surface area contributed by atoms with E-state index in [1.54, 1.807) is 0 Å². The Morgan fingerprint density at radius 2 is 1.75 bits per heavy atom. The predicted octanol–water partition coefficient (Wildman–Crippen LogP) is 1.89. The van der Waals surface area contributed by atoms with Crippen LogP contribution < -0.4 is 16.0 Å². The van der Waals surface area contributed by atoms with E-state index in [9.17, 15) is 14.4 Å². The van der Waals surface area contributed by atoms with Crippen LogP contribution >= 0.6 is 0 Å². The van der Waals surface area contributed by atoms with Gasteiger partial charge >= 0.3 is 0 Å². The van der Waals surface area contributed by atoms with Crippen molar-refractivity contribution in [1.82, 2.24) is 10.6 Å². The Kier molecular flexibility index (Phi) is 5.95. The van der Waals surface area contributed by atoms with Gasteiger partial charge in [-0.3, -0.25) is 14.4 Å². The van der Waals surface area contributed by atoms with Crippen molar-refractivity contribution < 1.29 is 14.4 Å². The maximum atomic E-state index is 12.9. The van der Waals surface area contributed by atoms with Gasteiger partial charge in [0.2, 0.25) is 17.7 Å². The zero-order valence-electron chi connectivity index (χ0n) is 14.3. The fourth-order valence-electron chi connectivity index (χ4n) is 3.04. The molecule has 0 heterocycles. The number of carbonyl (C=O) groups excluding carboxylic acids is 3. The molecule has 6 nitrogen and oxygen atoms in total. The lowest BCUT2D eigenvalue weighted by Gasteiger charge is -2.36. The summed E-state index contributed by atoms with van der Waals surface area (Å²) in [5.41, 5.74) is 0.820. The van der Waals surface area contributed by atoms with Crippen molar-refractivity contribution in [2.24, 2.45) is 0 Å². The average molecular weight is 331 g/mol. The van der Waals surface area contributed by atoms with Gasteiger partial charge in [-0.2, -0.15) is 0 Å². The van der Waals surface area contributed by atoms with Gasteiger partial charge in [-0.15, -0.1) is 0 Å². The number of para-hydroxylation sites is 1. The van der Waals surface area contributed by atoms with Crippen molar-refractivity contribution in [2.45, 2.75) is 51.5 Å². The molecule has 0 radical (unpaired) electrons. The minimum absolute atomic E-state index is 0.116. The summed E-state index contributed by atoms with van der Waals surface area (Å²) in [6.07, 6.45) is 4.05. The van der Waals surface area contributed by atoms with E-state index in [1.807, 2.05) is 31.2 Å². The van der Waals surface area contributed by atoms with Gasteiger partial charge in [0.1, 0.15) is 5.54 Å². The molecule has 1 aromatic rings. The van der Waals surface area contributed by atoms with Crippen LogP contribution in [0.1, 0.15) is 44.6 Å². The molecule has 0 aliphatic heterocycles. The van der Waals surface area contributed by atoms with Gasteiger partial charge in [0.05, 0.1) is 6.54 Å². The number of carbonyl (C=O) groups is 3. The second-order valence-electron chi connectivity index (χ2n) is 6.37. The molecule has 2 rings (SSSR count). The fraction of sp³-hybridized carbons (Fsp3) is 0.500. The Labute approximate surface area is 142 Å². The minimum Gasteiger partial charge on any atom is -0.347 e. The molecule has 3 N–H and O–H groups in total. The van der Waals surface area contributed by atoms with Gasteiger partial charge in [-0.1, -0.05) is 37.5 Å².